The molecule has 0 unspecified atom stereocenters. The number of halogens is 2. The molecule has 5 nitrogen and oxygen atoms in total. The van der Waals surface area contributed by atoms with Gasteiger partial charge < -0.3 is 4.74 Å². The zero-order valence-corrected chi connectivity index (χ0v) is 13.1. The van der Waals surface area contributed by atoms with Gasteiger partial charge in [-0.1, -0.05) is 33.6 Å². The standard InChI is InChI=1S/C14H9BrClNO4/c1-8-2-3-9(6-12(8)17(19)20)14(18)21-13-5-4-10(15)7-11(13)16/h2-7H,1H3. The maximum atomic E-state index is 12.0. The number of benzene rings is 2. The molecule has 0 N–H and O–H groups in total. The van der Waals surface area contributed by atoms with Crippen molar-refractivity contribution in [2.45, 2.75) is 6.92 Å². The molecule has 0 saturated heterocycles. The average Bonchev–Trinajstić information content (AvgIpc) is 2.42. The van der Waals surface area contributed by atoms with Gasteiger partial charge in [0.2, 0.25) is 0 Å². The predicted octanol–water partition coefficient (Wildman–Crippen LogP) is 4.54. The van der Waals surface area contributed by atoms with Crippen LogP contribution >= 0.6 is 27.5 Å². The Labute approximate surface area is 133 Å². The number of ether oxygens (including phenoxy) is 1. The molecule has 0 heterocycles. The lowest BCUT2D eigenvalue weighted by molar-refractivity contribution is -0.385. The van der Waals surface area contributed by atoms with E-state index >= 15 is 0 Å². The number of aryl methyl sites for hydroxylation is 1. The summed E-state index contributed by atoms with van der Waals surface area (Å²) in [5.74, 6) is -0.518. The molecule has 2 rings (SSSR count). The smallest absolute Gasteiger partial charge is 0.343 e. The normalized spacial score (nSPS) is 10.2. The van der Waals surface area contributed by atoms with Crippen LogP contribution in [-0.2, 0) is 0 Å². The van der Waals surface area contributed by atoms with Crippen molar-refractivity contribution >= 4 is 39.2 Å². The van der Waals surface area contributed by atoms with E-state index in [4.69, 9.17) is 16.3 Å². The Kier molecular flexibility index (Phi) is 4.59. The van der Waals surface area contributed by atoms with E-state index in [1.165, 1.54) is 24.3 Å². The van der Waals surface area contributed by atoms with Crippen LogP contribution < -0.4 is 4.74 Å². The lowest BCUT2D eigenvalue weighted by atomic mass is 10.1. The molecule has 0 saturated carbocycles. The van der Waals surface area contributed by atoms with E-state index in [2.05, 4.69) is 15.9 Å². The van der Waals surface area contributed by atoms with Gasteiger partial charge in [0.15, 0.2) is 0 Å². The number of esters is 1. The van der Waals surface area contributed by atoms with Crippen LogP contribution in [0.4, 0.5) is 5.69 Å². The molecule has 0 aliphatic carbocycles. The van der Waals surface area contributed by atoms with Crippen molar-refractivity contribution in [3.8, 4) is 5.75 Å². The Bertz CT molecular complexity index is 733. The second-order valence-corrected chi connectivity index (χ2v) is 5.55. The summed E-state index contributed by atoms with van der Waals surface area (Å²) in [6, 6.07) is 8.94. The summed E-state index contributed by atoms with van der Waals surface area (Å²) in [7, 11) is 0. The molecule has 108 valence electrons. The fraction of sp³-hybridized carbons (Fsp3) is 0.0714. The van der Waals surface area contributed by atoms with Crippen molar-refractivity contribution in [3.05, 3.63) is 67.1 Å². The van der Waals surface area contributed by atoms with Gasteiger partial charge >= 0.3 is 5.97 Å². The highest BCUT2D eigenvalue weighted by atomic mass is 79.9. The number of nitrogens with zero attached hydrogens (tertiary/aromatic N) is 1. The van der Waals surface area contributed by atoms with Gasteiger partial charge in [-0.3, -0.25) is 10.1 Å². The molecule has 0 aliphatic rings. The minimum Gasteiger partial charge on any atom is -0.421 e. The quantitative estimate of drug-likeness (QED) is 0.344. The first kappa shape index (κ1) is 15.5. The highest BCUT2D eigenvalue weighted by Crippen LogP contribution is 2.29. The van der Waals surface area contributed by atoms with Crippen LogP contribution in [0, 0.1) is 17.0 Å². The first-order valence-electron chi connectivity index (χ1n) is 5.81. The van der Waals surface area contributed by atoms with Gasteiger partial charge in [0.05, 0.1) is 15.5 Å². The molecule has 0 fully saturated rings. The molecule has 0 spiro atoms. The van der Waals surface area contributed by atoms with Crippen LogP contribution in [-0.4, -0.2) is 10.9 Å². The Balaban J connectivity index is 2.28. The third-order valence-electron chi connectivity index (χ3n) is 2.74. The van der Waals surface area contributed by atoms with E-state index in [9.17, 15) is 14.9 Å². The highest BCUT2D eigenvalue weighted by molar-refractivity contribution is 9.10. The summed E-state index contributed by atoms with van der Waals surface area (Å²) in [6.07, 6.45) is 0. The third kappa shape index (κ3) is 3.59. The van der Waals surface area contributed by atoms with Crippen molar-refractivity contribution in [1.29, 1.82) is 0 Å². The van der Waals surface area contributed by atoms with Crippen LogP contribution in [0.5, 0.6) is 5.75 Å². The zero-order valence-electron chi connectivity index (χ0n) is 10.8. The van der Waals surface area contributed by atoms with Crippen molar-refractivity contribution in [1.82, 2.24) is 0 Å². The Morgan fingerprint density at radius 1 is 1.29 bits per heavy atom. The van der Waals surface area contributed by atoms with E-state index in [0.717, 1.165) is 4.47 Å². The molecule has 0 aliphatic heterocycles. The first-order valence-corrected chi connectivity index (χ1v) is 6.98. The van der Waals surface area contributed by atoms with Crippen molar-refractivity contribution in [3.63, 3.8) is 0 Å². The minimum absolute atomic E-state index is 0.0892. The third-order valence-corrected chi connectivity index (χ3v) is 3.53. The van der Waals surface area contributed by atoms with E-state index in [1.807, 2.05) is 0 Å². The van der Waals surface area contributed by atoms with Crippen molar-refractivity contribution in [2.24, 2.45) is 0 Å². The maximum Gasteiger partial charge on any atom is 0.343 e. The van der Waals surface area contributed by atoms with Crippen LogP contribution in [0.25, 0.3) is 0 Å². The molecular formula is C14H9BrClNO4. The number of hydrogen-bond acceptors (Lipinski definition) is 4. The molecule has 0 radical (unpaired) electrons. The summed E-state index contributed by atoms with van der Waals surface area (Å²) in [5, 5.41) is 11.1. The molecule has 0 aromatic heterocycles. The average molecular weight is 371 g/mol. The molecule has 0 bridgehead atoms. The number of hydrogen-bond donors (Lipinski definition) is 0. The lowest BCUT2D eigenvalue weighted by Crippen LogP contribution is -2.09. The Morgan fingerprint density at radius 2 is 2.00 bits per heavy atom. The topological polar surface area (TPSA) is 69.4 Å². The van der Waals surface area contributed by atoms with E-state index < -0.39 is 10.9 Å². The molecule has 0 atom stereocenters. The summed E-state index contributed by atoms with van der Waals surface area (Å²) < 4.78 is 5.89. The maximum absolute atomic E-state index is 12.0. The van der Waals surface area contributed by atoms with Crippen molar-refractivity contribution < 1.29 is 14.5 Å². The zero-order chi connectivity index (χ0) is 15.6. The lowest BCUT2D eigenvalue weighted by Gasteiger charge is -2.07. The summed E-state index contributed by atoms with van der Waals surface area (Å²) in [5.41, 5.74) is 0.427. The summed E-state index contributed by atoms with van der Waals surface area (Å²) in [6.45, 7) is 1.60. The summed E-state index contributed by atoms with van der Waals surface area (Å²) >= 11 is 9.19. The second kappa shape index (κ2) is 6.24. The van der Waals surface area contributed by atoms with Crippen LogP contribution in [0.2, 0.25) is 5.02 Å². The molecule has 2 aromatic carbocycles. The fourth-order valence-electron chi connectivity index (χ4n) is 1.65. The molecular weight excluding hydrogens is 362 g/mol. The van der Waals surface area contributed by atoms with Gasteiger partial charge in [-0.2, -0.15) is 0 Å². The van der Waals surface area contributed by atoms with E-state index in [0.29, 0.717) is 5.56 Å². The Hall–Kier alpha value is -1.92. The number of carbonyl (C=O) groups is 1. The molecule has 2 aromatic rings. The van der Waals surface area contributed by atoms with Crippen LogP contribution in [0.15, 0.2) is 40.9 Å². The van der Waals surface area contributed by atoms with Gasteiger partial charge in [-0.25, -0.2) is 4.79 Å². The molecule has 7 heteroatoms. The van der Waals surface area contributed by atoms with E-state index in [-0.39, 0.29) is 22.0 Å². The van der Waals surface area contributed by atoms with Gasteiger partial charge in [0.25, 0.3) is 5.69 Å². The predicted molar refractivity (Wildman–Crippen MR) is 81.9 cm³/mol. The Morgan fingerprint density at radius 3 is 2.62 bits per heavy atom. The summed E-state index contributed by atoms with van der Waals surface area (Å²) in [4.78, 5) is 22.4. The SMILES string of the molecule is Cc1ccc(C(=O)Oc2ccc(Br)cc2Cl)cc1[N+](=O)[O-]. The van der Waals surface area contributed by atoms with Gasteiger partial charge in [0, 0.05) is 16.1 Å². The minimum atomic E-state index is -0.706. The number of nitro benzene ring substituents is 1. The molecule has 21 heavy (non-hydrogen) atoms. The van der Waals surface area contributed by atoms with Crippen LogP contribution in [0.1, 0.15) is 15.9 Å². The second-order valence-electron chi connectivity index (χ2n) is 4.22. The van der Waals surface area contributed by atoms with Crippen molar-refractivity contribution in [2.75, 3.05) is 0 Å². The molecule has 0 amide bonds. The first-order chi connectivity index (χ1) is 9.88. The van der Waals surface area contributed by atoms with Gasteiger partial charge in [-0.05, 0) is 31.2 Å². The van der Waals surface area contributed by atoms with E-state index in [1.54, 1.807) is 19.1 Å². The number of carbonyl (C=O) groups excluding carboxylic acids is 1. The monoisotopic (exact) mass is 369 g/mol. The van der Waals surface area contributed by atoms with Crippen LogP contribution in [0.3, 0.4) is 0 Å². The number of nitro groups is 1. The van der Waals surface area contributed by atoms with Gasteiger partial charge in [-0.15, -0.1) is 0 Å². The fourth-order valence-corrected chi connectivity index (χ4v) is 2.36. The van der Waals surface area contributed by atoms with Gasteiger partial charge in [0.1, 0.15) is 5.75 Å². The number of rotatable bonds is 3. The highest BCUT2D eigenvalue weighted by Gasteiger charge is 2.17. The largest absolute Gasteiger partial charge is 0.421 e.